The van der Waals surface area contributed by atoms with Gasteiger partial charge in [0.2, 0.25) is 0 Å². The molecule has 3 nitrogen and oxygen atoms in total. The molecule has 2 rings (SSSR count). The third kappa shape index (κ3) is 4.13. The van der Waals surface area contributed by atoms with Crippen LogP contribution in [0.5, 0.6) is 5.75 Å². The Balaban J connectivity index is 2.35. The SMILES string of the molecule is CCCNC(c1cc(Cl)cc(Br)c1OC)C1CCC(C)O1. The van der Waals surface area contributed by atoms with Gasteiger partial charge in [-0.15, -0.1) is 0 Å². The molecule has 1 saturated heterocycles. The van der Waals surface area contributed by atoms with Gasteiger partial charge < -0.3 is 14.8 Å². The van der Waals surface area contributed by atoms with E-state index in [-0.39, 0.29) is 12.1 Å². The van der Waals surface area contributed by atoms with Gasteiger partial charge in [0.1, 0.15) is 5.75 Å². The van der Waals surface area contributed by atoms with Gasteiger partial charge in [-0.2, -0.15) is 0 Å². The second kappa shape index (κ2) is 7.82. The highest BCUT2D eigenvalue weighted by Gasteiger charge is 2.32. The molecule has 0 bridgehead atoms. The lowest BCUT2D eigenvalue weighted by Crippen LogP contribution is -2.33. The lowest BCUT2D eigenvalue weighted by Gasteiger charge is -2.27. The van der Waals surface area contributed by atoms with Gasteiger partial charge in [-0.3, -0.25) is 0 Å². The van der Waals surface area contributed by atoms with Crippen molar-refractivity contribution in [3.8, 4) is 5.75 Å². The molecule has 21 heavy (non-hydrogen) atoms. The molecule has 1 aliphatic heterocycles. The van der Waals surface area contributed by atoms with E-state index in [9.17, 15) is 0 Å². The zero-order valence-electron chi connectivity index (χ0n) is 12.8. The fraction of sp³-hybridized carbons (Fsp3) is 0.625. The first-order valence-corrected chi connectivity index (χ1v) is 8.65. The Morgan fingerprint density at radius 3 is 2.81 bits per heavy atom. The first-order chi connectivity index (χ1) is 10.1. The summed E-state index contributed by atoms with van der Waals surface area (Å²) in [7, 11) is 1.69. The van der Waals surface area contributed by atoms with Gasteiger partial charge in [0.05, 0.1) is 29.8 Å². The summed E-state index contributed by atoms with van der Waals surface area (Å²) in [5.41, 5.74) is 1.06. The number of benzene rings is 1. The number of ether oxygens (including phenoxy) is 2. The minimum absolute atomic E-state index is 0.0971. The van der Waals surface area contributed by atoms with Gasteiger partial charge in [-0.05, 0) is 60.8 Å². The number of halogens is 2. The highest BCUT2D eigenvalue weighted by molar-refractivity contribution is 9.10. The number of methoxy groups -OCH3 is 1. The van der Waals surface area contributed by atoms with Crippen molar-refractivity contribution >= 4 is 27.5 Å². The van der Waals surface area contributed by atoms with Crippen molar-refractivity contribution < 1.29 is 9.47 Å². The first-order valence-electron chi connectivity index (χ1n) is 7.48. The Labute approximate surface area is 140 Å². The standard InChI is InChI=1S/C16H23BrClNO2/c1-4-7-19-15(14-6-5-10(2)21-14)12-8-11(18)9-13(17)16(12)20-3/h8-10,14-15,19H,4-7H2,1-3H3. The average Bonchev–Trinajstić information content (AvgIpc) is 2.85. The van der Waals surface area contributed by atoms with Crippen molar-refractivity contribution in [1.82, 2.24) is 5.32 Å². The first kappa shape index (κ1) is 17.1. The van der Waals surface area contributed by atoms with Crippen molar-refractivity contribution in [2.45, 2.75) is 51.4 Å². The highest BCUT2D eigenvalue weighted by atomic mass is 79.9. The van der Waals surface area contributed by atoms with E-state index >= 15 is 0 Å². The molecule has 5 heteroatoms. The quantitative estimate of drug-likeness (QED) is 0.779. The summed E-state index contributed by atoms with van der Waals surface area (Å²) in [6, 6.07) is 3.93. The van der Waals surface area contributed by atoms with E-state index in [1.807, 2.05) is 12.1 Å². The molecule has 3 unspecified atom stereocenters. The van der Waals surface area contributed by atoms with Gasteiger partial charge in [-0.25, -0.2) is 0 Å². The number of rotatable bonds is 6. The second-order valence-corrected chi connectivity index (χ2v) is 6.80. The molecule has 1 aromatic carbocycles. The van der Waals surface area contributed by atoms with Crippen molar-refractivity contribution in [3.63, 3.8) is 0 Å². The smallest absolute Gasteiger partial charge is 0.138 e. The molecule has 0 amide bonds. The predicted octanol–water partition coefficient (Wildman–Crippen LogP) is 4.72. The summed E-state index contributed by atoms with van der Waals surface area (Å²) < 4.78 is 12.5. The topological polar surface area (TPSA) is 30.5 Å². The van der Waals surface area contributed by atoms with E-state index in [1.165, 1.54) is 0 Å². The van der Waals surface area contributed by atoms with Crippen molar-refractivity contribution in [2.24, 2.45) is 0 Å². The molecule has 1 heterocycles. The van der Waals surface area contributed by atoms with Crippen LogP contribution in [0.3, 0.4) is 0 Å². The second-order valence-electron chi connectivity index (χ2n) is 5.50. The molecule has 1 aromatic rings. The van der Waals surface area contributed by atoms with Crippen LogP contribution in [0.1, 0.15) is 44.7 Å². The van der Waals surface area contributed by atoms with Crippen molar-refractivity contribution in [3.05, 3.63) is 27.2 Å². The van der Waals surface area contributed by atoms with E-state index in [0.29, 0.717) is 11.1 Å². The molecule has 1 fully saturated rings. The van der Waals surface area contributed by atoms with E-state index in [2.05, 4.69) is 35.1 Å². The minimum Gasteiger partial charge on any atom is -0.495 e. The Hall–Kier alpha value is -0.290. The van der Waals surface area contributed by atoms with Crippen LogP contribution in [0.25, 0.3) is 0 Å². The van der Waals surface area contributed by atoms with Crippen LogP contribution in [-0.2, 0) is 4.74 Å². The summed E-state index contributed by atoms with van der Waals surface area (Å²) in [5, 5.41) is 4.29. The Morgan fingerprint density at radius 2 is 2.24 bits per heavy atom. The van der Waals surface area contributed by atoms with E-state index in [4.69, 9.17) is 21.1 Å². The number of hydrogen-bond acceptors (Lipinski definition) is 3. The van der Waals surface area contributed by atoms with Crippen molar-refractivity contribution in [1.29, 1.82) is 0 Å². The van der Waals surface area contributed by atoms with Crippen LogP contribution >= 0.6 is 27.5 Å². The van der Waals surface area contributed by atoms with Gasteiger partial charge in [0.25, 0.3) is 0 Å². The van der Waals surface area contributed by atoms with Gasteiger partial charge in [0, 0.05) is 10.6 Å². The summed E-state index contributed by atoms with van der Waals surface area (Å²) in [4.78, 5) is 0. The zero-order chi connectivity index (χ0) is 15.4. The maximum Gasteiger partial charge on any atom is 0.138 e. The summed E-state index contributed by atoms with van der Waals surface area (Å²) in [5.74, 6) is 0.830. The third-order valence-electron chi connectivity index (χ3n) is 3.83. The summed E-state index contributed by atoms with van der Waals surface area (Å²) in [6.07, 6.45) is 3.69. The lowest BCUT2D eigenvalue weighted by atomic mass is 9.98. The fourth-order valence-electron chi connectivity index (χ4n) is 2.85. The van der Waals surface area contributed by atoms with Crippen LogP contribution in [0, 0.1) is 0 Å². The molecule has 118 valence electrons. The predicted molar refractivity (Wildman–Crippen MR) is 90.3 cm³/mol. The average molecular weight is 377 g/mol. The maximum absolute atomic E-state index is 6.24. The van der Waals surface area contributed by atoms with Crippen LogP contribution in [0.2, 0.25) is 5.02 Å². The largest absolute Gasteiger partial charge is 0.495 e. The number of nitrogens with one attached hydrogen (secondary N) is 1. The summed E-state index contributed by atoms with van der Waals surface area (Å²) >= 11 is 9.78. The molecule has 1 N–H and O–H groups in total. The van der Waals surface area contributed by atoms with E-state index < -0.39 is 0 Å². The Kier molecular flexibility index (Phi) is 6.35. The van der Waals surface area contributed by atoms with Crippen LogP contribution in [0.4, 0.5) is 0 Å². The van der Waals surface area contributed by atoms with Gasteiger partial charge in [-0.1, -0.05) is 18.5 Å². The van der Waals surface area contributed by atoms with Crippen LogP contribution in [-0.4, -0.2) is 25.9 Å². The van der Waals surface area contributed by atoms with Crippen LogP contribution < -0.4 is 10.1 Å². The molecule has 0 spiro atoms. The Morgan fingerprint density at radius 1 is 1.48 bits per heavy atom. The van der Waals surface area contributed by atoms with Gasteiger partial charge >= 0.3 is 0 Å². The fourth-order valence-corrected chi connectivity index (χ4v) is 3.84. The van der Waals surface area contributed by atoms with E-state index in [1.54, 1.807) is 7.11 Å². The molecule has 0 saturated carbocycles. The number of hydrogen-bond donors (Lipinski definition) is 1. The summed E-state index contributed by atoms with van der Waals surface area (Å²) in [6.45, 7) is 5.22. The maximum atomic E-state index is 6.24. The molecule has 0 aliphatic carbocycles. The van der Waals surface area contributed by atoms with Crippen molar-refractivity contribution in [2.75, 3.05) is 13.7 Å². The molecular weight excluding hydrogens is 354 g/mol. The molecular formula is C16H23BrClNO2. The minimum atomic E-state index is 0.0971. The van der Waals surface area contributed by atoms with E-state index in [0.717, 1.165) is 41.6 Å². The lowest BCUT2D eigenvalue weighted by molar-refractivity contribution is 0.0311. The zero-order valence-corrected chi connectivity index (χ0v) is 15.1. The molecule has 0 radical (unpaired) electrons. The van der Waals surface area contributed by atoms with Gasteiger partial charge in [0.15, 0.2) is 0 Å². The molecule has 3 atom stereocenters. The monoisotopic (exact) mass is 375 g/mol. The third-order valence-corrected chi connectivity index (χ3v) is 4.63. The normalized spacial score (nSPS) is 23.3. The Bertz CT molecular complexity index is 484. The molecule has 1 aliphatic rings. The highest BCUT2D eigenvalue weighted by Crippen LogP contribution is 2.40. The molecule has 0 aromatic heterocycles. The van der Waals surface area contributed by atoms with Crippen LogP contribution in [0.15, 0.2) is 16.6 Å².